The molecule has 0 amide bonds. The third kappa shape index (κ3) is 2.48. The lowest BCUT2D eigenvalue weighted by atomic mass is 9.99. The molecule has 0 radical (unpaired) electrons. The molecule has 2 nitrogen and oxygen atoms in total. The topological polar surface area (TPSA) is 35.2 Å². The normalized spacial score (nSPS) is 9.94. The zero-order chi connectivity index (χ0) is 12.3. The number of nitrogen functional groups attached to an aromatic ring is 1. The molecule has 2 heteroatoms. The van der Waals surface area contributed by atoms with Crippen LogP contribution in [0, 0.1) is 0 Å². The number of benzene rings is 2. The second kappa shape index (κ2) is 4.74. The monoisotopic (exact) mass is 225 g/mol. The van der Waals surface area contributed by atoms with E-state index in [9.17, 15) is 0 Å². The lowest BCUT2D eigenvalue weighted by molar-refractivity contribution is 0.415. The molecule has 0 saturated carbocycles. The standard InChI is InChI=1S/C15H15NO/c1-11(12-3-7-14(16)8-4-12)13-5-9-15(17-2)10-6-13/h3-10H,1,16H2,2H3. The number of hydrogen-bond acceptors (Lipinski definition) is 2. The summed E-state index contributed by atoms with van der Waals surface area (Å²) >= 11 is 0. The minimum Gasteiger partial charge on any atom is -0.497 e. The Balaban J connectivity index is 2.27. The van der Waals surface area contributed by atoms with E-state index in [1.54, 1.807) is 7.11 Å². The van der Waals surface area contributed by atoms with Gasteiger partial charge in [-0.25, -0.2) is 0 Å². The molecule has 0 fully saturated rings. The fourth-order valence-electron chi connectivity index (χ4n) is 1.64. The number of rotatable bonds is 3. The molecule has 86 valence electrons. The lowest BCUT2D eigenvalue weighted by Gasteiger charge is -2.07. The van der Waals surface area contributed by atoms with E-state index < -0.39 is 0 Å². The van der Waals surface area contributed by atoms with E-state index in [1.807, 2.05) is 48.5 Å². The highest BCUT2D eigenvalue weighted by molar-refractivity contribution is 5.78. The first-order chi connectivity index (χ1) is 8.20. The van der Waals surface area contributed by atoms with Gasteiger partial charge in [0.15, 0.2) is 0 Å². The third-order valence-electron chi connectivity index (χ3n) is 2.70. The fourth-order valence-corrected chi connectivity index (χ4v) is 1.64. The van der Waals surface area contributed by atoms with Crippen LogP contribution in [0.25, 0.3) is 5.57 Å². The lowest BCUT2D eigenvalue weighted by Crippen LogP contribution is -1.89. The second-order valence-electron chi connectivity index (χ2n) is 3.83. The van der Waals surface area contributed by atoms with E-state index in [-0.39, 0.29) is 0 Å². The molecular weight excluding hydrogens is 210 g/mol. The molecule has 0 aromatic heterocycles. The van der Waals surface area contributed by atoms with Gasteiger partial charge in [0.05, 0.1) is 7.11 Å². The number of methoxy groups -OCH3 is 1. The molecule has 0 heterocycles. The van der Waals surface area contributed by atoms with Crippen molar-refractivity contribution in [2.75, 3.05) is 12.8 Å². The Kier molecular flexibility index (Phi) is 3.15. The van der Waals surface area contributed by atoms with Crippen molar-refractivity contribution in [2.45, 2.75) is 0 Å². The molecule has 0 spiro atoms. The Morgan fingerprint density at radius 2 is 1.41 bits per heavy atom. The van der Waals surface area contributed by atoms with Crippen LogP contribution in [0.1, 0.15) is 11.1 Å². The van der Waals surface area contributed by atoms with Gasteiger partial charge in [0.25, 0.3) is 0 Å². The molecule has 2 aromatic rings. The van der Waals surface area contributed by atoms with Gasteiger partial charge in [-0.1, -0.05) is 30.8 Å². The quantitative estimate of drug-likeness (QED) is 0.813. The number of ether oxygens (including phenoxy) is 1. The molecule has 0 aliphatic rings. The summed E-state index contributed by atoms with van der Waals surface area (Å²) in [6.45, 7) is 4.10. The maximum Gasteiger partial charge on any atom is 0.118 e. The van der Waals surface area contributed by atoms with Gasteiger partial charge in [-0.2, -0.15) is 0 Å². The molecule has 0 atom stereocenters. The second-order valence-corrected chi connectivity index (χ2v) is 3.83. The van der Waals surface area contributed by atoms with Crippen LogP contribution in [0.2, 0.25) is 0 Å². The first-order valence-electron chi connectivity index (χ1n) is 5.40. The predicted molar refractivity (Wildman–Crippen MR) is 72.0 cm³/mol. The maximum absolute atomic E-state index is 5.66. The van der Waals surface area contributed by atoms with Crippen molar-refractivity contribution in [1.29, 1.82) is 0 Å². The molecule has 2 rings (SSSR count). The van der Waals surface area contributed by atoms with E-state index in [2.05, 4.69) is 6.58 Å². The average molecular weight is 225 g/mol. The summed E-state index contributed by atoms with van der Waals surface area (Å²) in [5, 5.41) is 0. The van der Waals surface area contributed by atoms with Crippen LogP contribution in [0.3, 0.4) is 0 Å². The molecule has 2 N–H and O–H groups in total. The zero-order valence-corrected chi connectivity index (χ0v) is 9.81. The molecular formula is C15H15NO. The minimum absolute atomic E-state index is 0.760. The summed E-state index contributed by atoms with van der Waals surface area (Å²) in [6, 6.07) is 15.6. The van der Waals surface area contributed by atoms with Crippen LogP contribution in [0.15, 0.2) is 55.1 Å². The Morgan fingerprint density at radius 1 is 0.941 bits per heavy atom. The molecule has 0 unspecified atom stereocenters. The van der Waals surface area contributed by atoms with Gasteiger partial charge in [0, 0.05) is 5.69 Å². The average Bonchev–Trinajstić information content (AvgIpc) is 2.39. The van der Waals surface area contributed by atoms with Crippen molar-refractivity contribution in [1.82, 2.24) is 0 Å². The molecule has 2 aromatic carbocycles. The highest BCUT2D eigenvalue weighted by Crippen LogP contribution is 2.24. The summed E-state index contributed by atoms with van der Waals surface area (Å²) in [4.78, 5) is 0. The molecule has 0 aliphatic carbocycles. The Morgan fingerprint density at radius 3 is 1.88 bits per heavy atom. The Hall–Kier alpha value is -2.22. The molecule has 17 heavy (non-hydrogen) atoms. The van der Waals surface area contributed by atoms with Gasteiger partial charge < -0.3 is 10.5 Å². The van der Waals surface area contributed by atoms with Crippen LogP contribution in [0.4, 0.5) is 5.69 Å². The summed E-state index contributed by atoms with van der Waals surface area (Å²) in [5.41, 5.74) is 9.55. The van der Waals surface area contributed by atoms with Crippen LogP contribution < -0.4 is 10.5 Å². The van der Waals surface area contributed by atoms with Gasteiger partial charge in [-0.15, -0.1) is 0 Å². The van der Waals surface area contributed by atoms with Gasteiger partial charge in [-0.05, 0) is 41.0 Å². The van der Waals surface area contributed by atoms with E-state index >= 15 is 0 Å². The summed E-state index contributed by atoms with van der Waals surface area (Å²) in [7, 11) is 1.66. The maximum atomic E-state index is 5.66. The van der Waals surface area contributed by atoms with Crippen molar-refractivity contribution in [3.05, 3.63) is 66.2 Å². The van der Waals surface area contributed by atoms with Gasteiger partial charge in [-0.3, -0.25) is 0 Å². The van der Waals surface area contributed by atoms with Crippen LogP contribution in [-0.2, 0) is 0 Å². The van der Waals surface area contributed by atoms with Crippen molar-refractivity contribution >= 4 is 11.3 Å². The first kappa shape index (κ1) is 11.3. The number of nitrogens with two attached hydrogens (primary N) is 1. The predicted octanol–water partition coefficient (Wildman–Crippen LogP) is 3.34. The number of anilines is 1. The largest absolute Gasteiger partial charge is 0.497 e. The first-order valence-corrected chi connectivity index (χ1v) is 5.40. The number of hydrogen-bond donors (Lipinski definition) is 1. The molecule has 0 saturated heterocycles. The van der Waals surface area contributed by atoms with E-state index in [1.165, 1.54) is 0 Å². The third-order valence-corrected chi connectivity index (χ3v) is 2.70. The Bertz CT molecular complexity index is 512. The molecule has 0 aliphatic heterocycles. The smallest absolute Gasteiger partial charge is 0.118 e. The van der Waals surface area contributed by atoms with Gasteiger partial charge in [0.1, 0.15) is 5.75 Å². The van der Waals surface area contributed by atoms with Gasteiger partial charge >= 0.3 is 0 Å². The van der Waals surface area contributed by atoms with Gasteiger partial charge in [0.2, 0.25) is 0 Å². The Labute approximate surface area is 101 Å². The van der Waals surface area contributed by atoms with Crippen molar-refractivity contribution in [3.63, 3.8) is 0 Å². The molecule has 0 bridgehead atoms. The highest BCUT2D eigenvalue weighted by Gasteiger charge is 2.02. The summed E-state index contributed by atoms with van der Waals surface area (Å²) in [5.74, 6) is 0.846. The summed E-state index contributed by atoms with van der Waals surface area (Å²) in [6.07, 6.45) is 0. The fraction of sp³-hybridized carbons (Fsp3) is 0.0667. The zero-order valence-electron chi connectivity index (χ0n) is 9.81. The van der Waals surface area contributed by atoms with Crippen molar-refractivity contribution < 1.29 is 4.74 Å². The van der Waals surface area contributed by atoms with Crippen LogP contribution >= 0.6 is 0 Å². The van der Waals surface area contributed by atoms with E-state index in [4.69, 9.17) is 10.5 Å². The SMILES string of the molecule is C=C(c1ccc(N)cc1)c1ccc(OC)cc1. The van der Waals surface area contributed by atoms with Crippen molar-refractivity contribution in [2.24, 2.45) is 0 Å². The van der Waals surface area contributed by atoms with Crippen molar-refractivity contribution in [3.8, 4) is 5.75 Å². The summed E-state index contributed by atoms with van der Waals surface area (Å²) < 4.78 is 5.12. The van der Waals surface area contributed by atoms with Crippen LogP contribution in [-0.4, -0.2) is 7.11 Å². The van der Waals surface area contributed by atoms with Crippen LogP contribution in [0.5, 0.6) is 5.75 Å². The highest BCUT2D eigenvalue weighted by atomic mass is 16.5. The van der Waals surface area contributed by atoms with E-state index in [0.717, 1.165) is 28.1 Å². The minimum atomic E-state index is 0.760. The van der Waals surface area contributed by atoms with E-state index in [0.29, 0.717) is 0 Å².